The average molecular weight is 366 g/mol. The number of ketones is 1. The molecule has 2 heterocycles. The number of benzene rings is 1. The normalized spacial score (nSPS) is 15.9. The van der Waals surface area contributed by atoms with E-state index in [0.29, 0.717) is 36.9 Å². The number of aryl methyl sites for hydroxylation is 2. The molecule has 1 aliphatic rings. The van der Waals surface area contributed by atoms with Crippen LogP contribution in [-0.2, 0) is 17.7 Å². The summed E-state index contributed by atoms with van der Waals surface area (Å²) in [6, 6.07) is 6.23. The second-order valence-electron chi connectivity index (χ2n) is 6.90. The van der Waals surface area contributed by atoms with Gasteiger partial charge in [-0.15, -0.1) is 0 Å². The highest BCUT2D eigenvalue weighted by Crippen LogP contribution is 2.38. The summed E-state index contributed by atoms with van der Waals surface area (Å²) in [5.74, 6) is 1.54. The summed E-state index contributed by atoms with van der Waals surface area (Å²) in [4.78, 5) is 17.0. The van der Waals surface area contributed by atoms with Gasteiger partial charge in [-0.05, 0) is 36.0 Å². The maximum absolute atomic E-state index is 12.7. The zero-order valence-corrected chi connectivity index (χ0v) is 15.5. The first-order valence-electron chi connectivity index (χ1n) is 9.12. The van der Waals surface area contributed by atoms with E-state index in [0.717, 1.165) is 18.4 Å². The first-order valence-corrected chi connectivity index (χ1v) is 9.12. The number of ether oxygens (including phenoxy) is 1. The van der Waals surface area contributed by atoms with Gasteiger partial charge in [0.2, 0.25) is 11.7 Å². The lowest BCUT2D eigenvalue weighted by molar-refractivity contribution is 0.0973. The van der Waals surface area contributed by atoms with Crippen molar-refractivity contribution in [1.82, 2.24) is 19.9 Å². The molecule has 4 rings (SSSR count). The minimum atomic E-state index is 0.134. The number of hydrogen-bond acceptors (Lipinski definition) is 6. The molecule has 27 heavy (non-hydrogen) atoms. The Morgan fingerprint density at radius 3 is 3.07 bits per heavy atom. The van der Waals surface area contributed by atoms with Gasteiger partial charge in [0.15, 0.2) is 5.78 Å². The van der Waals surface area contributed by atoms with E-state index in [4.69, 9.17) is 9.26 Å². The summed E-state index contributed by atoms with van der Waals surface area (Å²) in [7, 11) is 1.65. The number of nitrogens with zero attached hydrogens (tertiary/aromatic N) is 4. The van der Waals surface area contributed by atoms with Crippen molar-refractivity contribution < 1.29 is 14.1 Å². The third-order valence-corrected chi connectivity index (χ3v) is 5.04. The Kier molecular flexibility index (Phi) is 4.85. The summed E-state index contributed by atoms with van der Waals surface area (Å²) in [6.07, 6.45) is 5.90. The Bertz CT molecular complexity index is 960. The van der Waals surface area contributed by atoms with Crippen molar-refractivity contribution in [2.75, 3.05) is 13.7 Å². The monoisotopic (exact) mass is 366 g/mol. The van der Waals surface area contributed by atoms with Gasteiger partial charge in [-0.1, -0.05) is 17.3 Å². The Morgan fingerprint density at radius 2 is 2.30 bits per heavy atom. The Hall–Kier alpha value is -2.80. The highest BCUT2D eigenvalue weighted by atomic mass is 16.5. The fourth-order valence-corrected chi connectivity index (χ4v) is 3.63. The molecule has 7 heteroatoms. The van der Waals surface area contributed by atoms with Crippen molar-refractivity contribution in [2.24, 2.45) is 0 Å². The van der Waals surface area contributed by atoms with Gasteiger partial charge in [0.1, 0.15) is 0 Å². The van der Waals surface area contributed by atoms with Crippen LogP contribution in [0.1, 0.15) is 46.1 Å². The number of fused-ring (bicyclic) bond motifs is 1. The molecule has 1 atom stereocenters. The Morgan fingerprint density at radius 1 is 1.41 bits per heavy atom. The smallest absolute Gasteiger partial charge is 0.223 e. The van der Waals surface area contributed by atoms with Crippen LogP contribution >= 0.6 is 0 Å². The topological polar surface area (TPSA) is 83.0 Å². The largest absolute Gasteiger partial charge is 0.383 e. The second-order valence-corrected chi connectivity index (χ2v) is 6.90. The third-order valence-electron chi connectivity index (χ3n) is 5.04. The van der Waals surface area contributed by atoms with Gasteiger partial charge >= 0.3 is 0 Å². The van der Waals surface area contributed by atoms with Crippen molar-refractivity contribution in [1.29, 1.82) is 0 Å². The average Bonchev–Trinajstić information content (AvgIpc) is 3.40. The summed E-state index contributed by atoms with van der Waals surface area (Å²) in [5.41, 5.74) is 4.14. The molecule has 0 bridgehead atoms. The van der Waals surface area contributed by atoms with Gasteiger partial charge in [0.05, 0.1) is 24.9 Å². The molecule has 0 N–H and O–H groups in total. The minimum absolute atomic E-state index is 0.134. The van der Waals surface area contributed by atoms with E-state index in [9.17, 15) is 4.79 Å². The van der Waals surface area contributed by atoms with Crippen molar-refractivity contribution in [3.63, 3.8) is 0 Å². The Balaban J connectivity index is 1.46. The fraction of sp³-hybridized carbons (Fsp3) is 0.400. The van der Waals surface area contributed by atoms with Crippen LogP contribution in [0.4, 0.5) is 0 Å². The molecule has 2 aromatic heterocycles. The SMILES string of the molecule is COCCn1cc(C(=O)C[C@@H]2CCc3cc(-c4noc(C)n4)ccc32)cn1. The molecule has 0 unspecified atom stereocenters. The van der Waals surface area contributed by atoms with Crippen molar-refractivity contribution in [2.45, 2.75) is 38.6 Å². The van der Waals surface area contributed by atoms with Crippen LogP contribution in [0, 0.1) is 6.92 Å². The zero-order chi connectivity index (χ0) is 18.8. The van der Waals surface area contributed by atoms with Crippen LogP contribution in [0.2, 0.25) is 0 Å². The van der Waals surface area contributed by atoms with Crippen molar-refractivity contribution in [3.8, 4) is 11.4 Å². The van der Waals surface area contributed by atoms with Gasteiger partial charge in [0.25, 0.3) is 0 Å². The molecule has 3 aromatic rings. The molecule has 1 aromatic carbocycles. The lowest BCUT2D eigenvalue weighted by Crippen LogP contribution is -2.06. The summed E-state index contributed by atoms with van der Waals surface area (Å²) < 4.78 is 11.9. The van der Waals surface area contributed by atoms with E-state index < -0.39 is 0 Å². The molecule has 0 fully saturated rings. The number of aromatic nitrogens is 4. The minimum Gasteiger partial charge on any atom is -0.383 e. The summed E-state index contributed by atoms with van der Waals surface area (Å²) in [6.45, 7) is 3.00. The van der Waals surface area contributed by atoms with Crippen molar-refractivity contribution in [3.05, 3.63) is 53.2 Å². The van der Waals surface area contributed by atoms with E-state index in [1.165, 1.54) is 11.1 Å². The second kappa shape index (κ2) is 7.44. The number of carbonyl (C=O) groups excluding carboxylic acids is 1. The molecule has 0 saturated heterocycles. The van der Waals surface area contributed by atoms with E-state index in [2.05, 4.69) is 27.4 Å². The van der Waals surface area contributed by atoms with E-state index in [1.54, 1.807) is 31.1 Å². The summed E-state index contributed by atoms with van der Waals surface area (Å²) >= 11 is 0. The first-order chi connectivity index (χ1) is 13.1. The van der Waals surface area contributed by atoms with E-state index in [1.807, 2.05) is 6.07 Å². The highest BCUT2D eigenvalue weighted by Gasteiger charge is 2.26. The van der Waals surface area contributed by atoms with E-state index in [-0.39, 0.29) is 11.7 Å². The number of rotatable bonds is 7. The van der Waals surface area contributed by atoms with E-state index >= 15 is 0 Å². The quantitative estimate of drug-likeness (QED) is 0.597. The molecular weight excluding hydrogens is 344 g/mol. The van der Waals surface area contributed by atoms with Gasteiger partial charge in [0, 0.05) is 32.2 Å². The molecule has 7 nitrogen and oxygen atoms in total. The highest BCUT2D eigenvalue weighted by molar-refractivity contribution is 5.96. The molecule has 140 valence electrons. The molecule has 0 radical (unpaired) electrons. The number of methoxy groups -OCH3 is 1. The van der Waals surface area contributed by atoms with Crippen LogP contribution in [0.15, 0.2) is 35.1 Å². The van der Waals surface area contributed by atoms with Crippen LogP contribution < -0.4 is 0 Å². The number of hydrogen-bond donors (Lipinski definition) is 0. The Labute approximate surface area is 157 Å². The van der Waals surface area contributed by atoms with Crippen LogP contribution in [-0.4, -0.2) is 39.4 Å². The molecule has 0 aliphatic heterocycles. The molecule has 1 aliphatic carbocycles. The third kappa shape index (κ3) is 3.68. The standard InChI is InChI=1S/C20H22N4O3/c1-13-22-20(23-27-13)16-5-6-18-14(9-16)3-4-15(18)10-19(25)17-11-21-24(12-17)7-8-26-2/h5-6,9,11-12,15H,3-4,7-8,10H2,1-2H3/t15-/m0/s1. The molecule has 0 spiro atoms. The molecular formula is C20H22N4O3. The van der Waals surface area contributed by atoms with Gasteiger partial charge in [-0.3, -0.25) is 9.48 Å². The fourth-order valence-electron chi connectivity index (χ4n) is 3.63. The first kappa shape index (κ1) is 17.6. The van der Waals surface area contributed by atoms with Crippen LogP contribution in [0.3, 0.4) is 0 Å². The predicted molar refractivity (Wildman–Crippen MR) is 98.6 cm³/mol. The lowest BCUT2D eigenvalue weighted by atomic mass is 9.93. The van der Waals surface area contributed by atoms with Crippen molar-refractivity contribution >= 4 is 5.78 Å². The van der Waals surface area contributed by atoms with Crippen LogP contribution in [0.5, 0.6) is 0 Å². The summed E-state index contributed by atoms with van der Waals surface area (Å²) in [5, 5.41) is 8.22. The maximum atomic E-state index is 12.7. The molecule has 0 amide bonds. The number of Topliss-reactive ketones (excluding diaryl/α,β-unsaturated/α-hetero) is 1. The lowest BCUT2D eigenvalue weighted by Gasteiger charge is -2.10. The van der Waals surface area contributed by atoms with Crippen LogP contribution in [0.25, 0.3) is 11.4 Å². The predicted octanol–water partition coefficient (Wildman–Crippen LogP) is 3.19. The maximum Gasteiger partial charge on any atom is 0.223 e. The zero-order valence-electron chi connectivity index (χ0n) is 15.5. The molecule has 0 saturated carbocycles. The van der Waals surface area contributed by atoms with Gasteiger partial charge in [-0.25, -0.2) is 0 Å². The number of carbonyl (C=O) groups is 1. The van der Waals surface area contributed by atoms with Gasteiger partial charge < -0.3 is 9.26 Å². The van der Waals surface area contributed by atoms with Gasteiger partial charge in [-0.2, -0.15) is 10.1 Å².